The zero-order valence-corrected chi connectivity index (χ0v) is 16.6. The average Bonchev–Trinajstić information content (AvgIpc) is 3.25. The van der Waals surface area contributed by atoms with Crippen LogP contribution < -0.4 is 20.8 Å². The first-order valence-corrected chi connectivity index (χ1v) is 9.77. The van der Waals surface area contributed by atoms with Gasteiger partial charge in [-0.3, -0.25) is 14.6 Å². The summed E-state index contributed by atoms with van der Waals surface area (Å²) in [6.07, 6.45) is 1.77. The van der Waals surface area contributed by atoms with Crippen LogP contribution in [0.4, 0.5) is 5.69 Å². The van der Waals surface area contributed by atoms with Crippen LogP contribution in [0.3, 0.4) is 0 Å². The molecule has 8 nitrogen and oxygen atoms in total. The summed E-state index contributed by atoms with van der Waals surface area (Å²) in [5.74, 6) is 0.217. The first kappa shape index (κ1) is 20.1. The van der Waals surface area contributed by atoms with Crippen molar-refractivity contribution in [3.05, 3.63) is 84.6 Å². The summed E-state index contributed by atoms with van der Waals surface area (Å²) < 4.78 is 5.72. The number of hydrazone groups is 1. The Hall–Kier alpha value is -4.20. The van der Waals surface area contributed by atoms with Crippen LogP contribution in [0.5, 0.6) is 11.6 Å². The lowest BCUT2D eigenvalue weighted by Gasteiger charge is -2.20. The molecule has 31 heavy (non-hydrogen) atoms. The van der Waals surface area contributed by atoms with Crippen molar-refractivity contribution >= 4 is 23.2 Å². The van der Waals surface area contributed by atoms with Crippen LogP contribution in [0, 0.1) is 0 Å². The van der Waals surface area contributed by atoms with E-state index < -0.39 is 11.9 Å². The van der Waals surface area contributed by atoms with E-state index >= 15 is 0 Å². The van der Waals surface area contributed by atoms with Crippen molar-refractivity contribution in [3.8, 4) is 11.6 Å². The molecule has 4 rings (SSSR count). The van der Waals surface area contributed by atoms with Gasteiger partial charge in [-0.1, -0.05) is 36.4 Å². The Kier molecular flexibility index (Phi) is 5.89. The van der Waals surface area contributed by atoms with Crippen LogP contribution >= 0.6 is 0 Å². The van der Waals surface area contributed by atoms with Gasteiger partial charge in [-0.15, -0.1) is 0 Å². The Labute approximate surface area is 179 Å². The molecule has 0 bridgehead atoms. The number of aromatic nitrogens is 1. The molecule has 0 saturated carbocycles. The fourth-order valence-corrected chi connectivity index (χ4v) is 3.20. The Bertz CT molecular complexity index is 1100. The van der Waals surface area contributed by atoms with Gasteiger partial charge in [-0.25, -0.2) is 4.98 Å². The van der Waals surface area contributed by atoms with Gasteiger partial charge in [0.2, 0.25) is 11.8 Å². The second kappa shape index (κ2) is 9.08. The summed E-state index contributed by atoms with van der Waals surface area (Å²) in [5.41, 5.74) is 7.30. The van der Waals surface area contributed by atoms with Crippen molar-refractivity contribution in [2.75, 3.05) is 5.01 Å². The highest BCUT2D eigenvalue weighted by atomic mass is 16.5. The molecule has 2 heterocycles. The molecule has 2 amide bonds. The lowest BCUT2D eigenvalue weighted by atomic mass is 10.1. The Balaban J connectivity index is 1.42. The molecule has 1 aliphatic rings. The van der Waals surface area contributed by atoms with E-state index in [0.717, 1.165) is 5.56 Å². The van der Waals surface area contributed by atoms with Crippen molar-refractivity contribution in [2.24, 2.45) is 10.8 Å². The molecule has 156 valence electrons. The zero-order chi connectivity index (χ0) is 21.6. The first-order chi connectivity index (χ1) is 15.1. The van der Waals surface area contributed by atoms with Gasteiger partial charge >= 0.3 is 0 Å². The summed E-state index contributed by atoms with van der Waals surface area (Å²) >= 11 is 0. The van der Waals surface area contributed by atoms with Gasteiger partial charge in [0.25, 0.3) is 5.91 Å². The first-order valence-electron chi connectivity index (χ1n) is 9.77. The van der Waals surface area contributed by atoms with Gasteiger partial charge in [0.05, 0.1) is 5.69 Å². The number of nitrogens with two attached hydrogens (primary N) is 1. The van der Waals surface area contributed by atoms with Crippen molar-refractivity contribution in [1.82, 2.24) is 10.3 Å². The molecule has 1 aromatic heterocycles. The van der Waals surface area contributed by atoms with Crippen LogP contribution in [0.2, 0.25) is 0 Å². The molecule has 3 aromatic rings. The number of carbonyl (C=O) groups excluding carboxylic acids is 2. The van der Waals surface area contributed by atoms with E-state index in [2.05, 4.69) is 15.4 Å². The number of rotatable bonds is 7. The van der Waals surface area contributed by atoms with Crippen LogP contribution in [0.1, 0.15) is 12.0 Å². The SMILES string of the molecule is NC(=O)[C@H]1CC(C(=O)NCc2ccnc(Oc3ccccc3)c2)=NN1c1ccccc1. The molecule has 2 aromatic carbocycles. The van der Waals surface area contributed by atoms with Crippen LogP contribution in [0.15, 0.2) is 84.1 Å². The van der Waals surface area contributed by atoms with Gasteiger partial charge in [0.15, 0.2) is 0 Å². The predicted molar refractivity (Wildman–Crippen MR) is 117 cm³/mol. The summed E-state index contributed by atoms with van der Waals surface area (Å²) in [6.45, 7) is 0.262. The Morgan fingerprint density at radius 2 is 1.77 bits per heavy atom. The Morgan fingerprint density at radius 1 is 1.06 bits per heavy atom. The number of pyridine rings is 1. The van der Waals surface area contributed by atoms with Gasteiger partial charge in [-0.2, -0.15) is 5.10 Å². The third-order valence-electron chi connectivity index (χ3n) is 4.74. The summed E-state index contributed by atoms with van der Waals surface area (Å²) in [4.78, 5) is 28.7. The number of nitrogens with one attached hydrogen (secondary N) is 1. The third-order valence-corrected chi connectivity index (χ3v) is 4.74. The Morgan fingerprint density at radius 3 is 2.48 bits per heavy atom. The fraction of sp³-hybridized carbons (Fsp3) is 0.130. The fourth-order valence-electron chi connectivity index (χ4n) is 3.20. The maximum absolute atomic E-state index is 12.7. The zero-order valence-electron chi connectivity index (χ0n) is 16.6. The molecule has 1 aliphatic heterocycles. The van der Waals surface area contributed by atoms with Gasteiger partial charge in [0, 0.05) is 25.2 Å². The van der Waals surface area contributed by atoms with Gasteiger partial charge < -0.3 is 15.8 Å². The van der Waals surface area contributed by atoms with E-state index in [9.17, 15) is 9.59 Å². The van der Waals surface area contributed by atoms with Gasteiger partial charge in [0.1, 0.15) is 17.5 Å². The molecule has 0 radical (unpaired) electrons. The number of carbonyl (C=O) groups is 2. The lowest BCUT2D eigenvalue weighted by molar-refractivity contribution is -0.119. The standard InChI is InChI=1S/C23H21N5O3/c24-22(29)20-14-19(27-28(20)17-7-3-1-4-8-17)23(30)26-15-16-11-12-25-21(13-16)31-18-9-5-2-6-10-18/h1-13,20H,14-15H2,(H2,24,29)(H,26,30)/t20-/m1/s1. The predicted octanol–water partition coefficient (Wildman–Crippen LogP) is 2.61. The molecule has 0 spiro atoms. The monoisotopic (exact) mass is 415 g/mol. The highest BCUT2D eigenvalue weighted by Crippen LogP contribution is 2.24. The maximum Gasteiger partial charge on any atom is 0.267 e. The van der Waals surface area contributed by atoms with Crippen molar-refractivity contribution in [3.63, 3.8) is 0 Å². The van der Waals surface area contributed by atoms with E-state index in [0.29, 0.717) is 17.3 Å². The number of ether oxygens (including phenoxy) is 1. The lowest BCUT2D eigenvalue weighted by Crippen LogP contribution is -2.39. The minimum Gasteiger partial charge on any atom is -0.439 e. The number of benzene rings is 2. The molecule has 1 atom stereocenters. The smallest absolute Gasteiger partial charge is 0.267 e. The summed E-state index contributed by atoms with van der Waals surface area (Å²) in [6, 6.07) is 21.3. The number of hydrogen-bond donors (Lipinski definition) is 2. The molecule has 0 unspecified atom stereocenters. The molecule has 0 fully saturated rings. The van der Waals surface area contributed by atoms with E-state index in [1.54, 1.807) is 18.3 Å². The van der Waals surface area contributed by atoms with Crippen LogP contribution in [-0.2, 0) is 16.1 Å². The molecular weight excluding hydrogens is 394 g/mol. The highest BCUT2D eigenvalue weighted by molar-refractivity contribution is 6.40. The molecule has 8 heteroatoms. The third kappa shape index (κ3) is 4.87. The highest BCUT2D eigenvalue weighted by Gasteiger charge is 2.34. The van der Waals surface area contributed by atoms with E-state index in [1.165, 1.54) is 5.01 Å². The molecule has 0 saturated heterocycles. The van der Waals surface area contributed by atoms with E-state index in [1.807, 2.05) is 60.7 Å². The summed E-state index contributed by atoms with van der Waals surface area (Å²) in [5, 5.41) is 8.67. The van der Waals surface area contributed by atoms with Crippen molar-refractivity contribution in [2.45, 2.75) is 19.0 Å². The quantitative estimate of drug-likeness (QED) is 0.616. The number of anilines is 1. The normalized spacial score (nSPS) is 15.3. The number of para-hydroxylation sites is 2. The number of hydrogen-bond acceptors (Lipinski definition) is 6. The molecule has 3 N–H and O–H groups in total. The second-order valence-corrected chi connectivity index (χ2v) is 6.95. The maximum atomic E-state index is 12.7. The number of primary amides is 1. The van der Waals surface area contributed by atoms with Crippen molar-refractivity contribution < 1.29 is 14.3 Å². The molecule has 0 aliphatic carbocycles. The van der Waals surface area contributed by atoms with Crippen LogP contribution in [0.25, 0.3) is 0 Å². The van der Waals surface area contributed by atoms with Crippen molar-refractivity contribution in [1.29, 1.82) is 0 Å². The summed E-state index contributed by atoms with van der Waals surface area (Å²) in [7, 11) is 0. The second-order valence-electron chi connectivity index (χ2n) is 6.95. The van der Waals surface area contributed by atoms with Crippen LogP contribution in [-0.4, -0.2) is 28.6 Å². The number of amides is 2. The topological polar surface area (TPSA) is 110 Å². The minimum absolute atomic E-state index is 0.148. The number of nitrogens with zero attached hydrogens (tertiary/aromatic N) is 3. The van der Waals surface area contributed by atoms with Gasteiger partial charge in [-0.05, 0) is 35.9 Å². The van der Waals surface area contributed by atoms with E-state index in [-0.39, 0.29) is 24.6 Å². The largest absolute Gasteiger partial charge is 0.439 e. The van der Waals surface area contributed by atoms with E-state index in [4.69, 9.17) is 10.5 Å². The minimum atomic E-state index is -0.699. The average molecular weight is 415 g/mol. The molecular formula is C23H21N5O3.